The molecule has 2 aromatic rings. The van der Waals surface area contributed by atoms with Gasteiger partial charge in [0.05, 0.1) is 28.5 Å². The molecule has 3 N–H and O–H groups in total. The van der Waals surface area contributed by atoms with E-state index in [4.69, 9.17) is 33.7 Å². The number of nitrogens with one attached hydrogen (secondary N) is 1. The SMILES string of the molecule is COc1c(Cl)cc(C(=O)Nc2cc(N)ccc2N2CCCCC2C)cc1Cl. The smallest absolute Gasteiger partial charge is 0.255 e. The van der Waals surface area contributed by atoms with E-state index in [-0.39, 0.29) is 16.0 Å². The number of carbonyl (C=O) groups excluding carboxylic acids is 1. The number of hydrogen-bond acceptors (Lipinski definition) is 4. The van der Waals surface area contributed by atoms with Crippen LogP contribution in [0.4, 0.5) is 17.1 Å². The van der Waals surface area contributed by atoms with E-state index in [1.807, 2.05) is 12.1 Å². The largest absolute Gasteiger partial charge is 0.494 e. The Hall–Kier alpha value is -2.11. The summed E-state index contributed by atoms with van der Waals surface area (Å²) >= 11 is 12.3. The number of nitrogens with zero attached hydrogens (tertiary/aromatic N) is 1. The number of anilines is 3. The lowest BCUT2D eigenvalue weighted by Crippen LogP contribution is -2.38. The van der Waals surface area contributed by atoms with Gasteiger partial charge < -0.3 is 20.7 Å². The highest BCUT2D eigenvalue weighted by atomic mass is 35.5. The van der Waals surface area contributed by atoms with E-state index in [0.717, 1.165) is 25.1 Å². The topological polar surface area (TPSA) is 67.6 Å². The van der Waals surface area contributed by atoms with Gasteiger partial charge in [0.25, 0.3) is 5.91 Å². The maximum Gasteiger partial charge on any atom is 0.255 e. The number of amides is 1. The summed E-state index contributed by atoms with van der Waals surface area (Å²) in [5, 5.41) is 3.53. The maximum absolute atomic E-state index is 12.8. The first-order valence-electron chi connectivity index (χ1n) is 8.91. The summed E-state index contributed by atoms with van der Waals surface area (Å²) in [4.78, 5) is 15.1. The number of benzene rings is 2. The average Bonchev–Trinajstić information content (AvgIpc) is 2.62. The van der Waals surface area contributed by atoms with E-state index < -0.39 is 0 Å². The molecule has 2 aromatic carbocycles. The van der Waals surface area contributed by atoms with Gasteiger partial charge in [0.2, 0.25) is 0 Å². The van der Waals surface area contributed by atoms with E-state index in [1.165, 1.54) is 25.7 Å². The number of carbonyl (C=O) groups is 1. The van der Waals surface area contributed by atoms with Gasteiger partial charge in [-0.2, -0.15) is 0 Å². The van der Waals surface area contributed by atoms with Crippen LogP contribution >= 0.6 is 23.2 Å². The molecule has 0 spiro atoms. The molecule has 1 fully saturated rings. The summed E-state index contributed by atoms with van der Waals surface area (Å²) in [7, 11) is 1.48. The zero-order valence-corrected chi connectivity index (χ0v) is 16.9. The van der Waals surface area contributed by atoms with Crippen LogP contribution in [0.5, 0.6) is 5.75 Å². The van der Waals surface area contributed by atoms with Gasteiger partial charge in [-0.05, 0) is 56.5 Å². The van der Waals surface area contributed by atoms with Crippen molar-refractivity contribution in [2.24, 2.45) is 0 Å². The van der Waals surface area contributed by atoms with Crippen LogP contribution in [0.15, 0.2) is 30.3 Å². The van der Waals surface area contributed by atoms with Crippen molar-refractivity contribution >= 4 is 46.2 Å². The monoisotopic (exact) mass is 407 g/mol. The van der Waals surface area contributed by atoms with Crippen LogP contribution in [0, 0.1) is 0 Å². The van der Waals surface area contributed by atoms with Gasteiger partial charge in [-0.1, -0.05) is 23.2 Å². The summed E-state index contributed by atoms with van der Waals surface area (Å²) in [6.07, 6.45) is 3.48. The molecule has 27 heavy (non-hydrogen) atoms. The summed E-state index contributed by atoms with van der Waals surface area (Å²) < 4.78 is 5.14. The van der Waals surface area contributed by atoms with Crippen LogP contribution in [-0.2, 0) is 0 Å². The van der Waals surface area contributed by atoms with Gasteiger partial charge in [-0.3, -0.25) is 4.79 Å². The molecular weight excluding hydrogens is 385 g/mol. The third-order valence-electron chi connectivity index (χ3n) is 4.85. The van der Waals surface area contributed by atoms with Crippen LogP contribution in [0.3, 0.4) is 0 Å². The highest BCUT2D eigenvalue weighted by Crippen LogP contribution is 2.36. The number of hydrogen-bond donors (Lipinski definition) is 2. The molecule has 7 heteroatoms. The van der Waals surface area contributed by atoms with Gasteiger partial charge in [-0.25, -0.2) is 0 Å². The van der Waals surface area contributed by atoms with E-state index in [9.17, 15) is 4.79 Å². The predicted octanol–water partition coefficient (Wildman–Crippen LogP) is 5.22. The lowest BCUT2D eigenvalue weighted by molar-refractivity contribution is 0.102. The molecule has 1 heterocycles. The van der Waals surface area contributed by atoms with Crippen molar-refractivity contribution in [3.05, 3.63) is 45.9 Å². The van der Waals surface area contributed by atoms with Crippen molar-refractivity contribution in [1.29, 1.82) is 0 Å². The number of halogens is 2. The first-order valence-corrected chi connectivity index (χ1v) is 9.67. The molecule has 1 unspecified atom stereocenters. The van der Waals surface area contributed by atoms with Crippen LogP contribution in [0.2, 0.25) is 10.0 Å². The molecule has 1 aliphatic rings. The van der Waals surface area contributed by atoms with Crippen LogP contribution in [-0.4, -0.2) is 25.6 Å². The molecule has 5 nitrogen and oxygen atoms in total. The highest BCUT2D eigenvalue weighted by Gasteiger charge is 2.22. The van der Waals surface area contributed by atoms with Crippen molar-refractivity contribution in [1.82, 2.24) is 0 Å². The van der Waals surface area contributed by atoms with Crippen LogP contribution < -0.4 is 20.7 Å². The lowest BCUT2D eigenvalue weighted by Gasteiger charge is -2.36. The van der Waals surface area contributed by atoms with E-state index in [0.29, 0.717) is 28.7 Å². The van der Waals surface area contributed by atoms with Gasteiger partial charge in [0.15, 0.2) is 5.75 Å². The van der Waals surface area contributed by atoms with Crippen molar-refractivity contribution in [3.63, 3.8) is 0 Å². The molecule has 0 aliphatic carbocycles. The first kappa shape index (κ1) is 19.6. The second kappa shape index (κ2) is 8.28. The van der Waals surface area contributed by atoms with Crippen LogP contribution in [0.1, 0.15) is 36.5 Å². The second-order valence-electron chi connectivity index (χ2n) is 6.74. The number of piperidine rings is 1. The third-order valence-corrected chi connectivity index (χ3v) is 5.41. The van der Waals surface area contributed by atoms with Gasteiger partial charge in [0.1, 0.15) is 0 Å². The third kappa shape index (κ3) is 4.25. The fourth-order valence-electron chi connectivity index (χ4n) is 3.44. The fraction of sp³-hybridized carbons (Fsp3) is 0.350. The molecule has 1 aliphatic heterocycles. The standard InChI is InChI=1S/C20H23Cl2N3O2/c1-12-5-3-4-8-25(12)18-7-6-14(23)11-17(18)24-20(26)13-9-15(21)19(27-2)16(22)10-13/h6-7,9-12H,3-5,8,23H2,1-2H3,(H,24,26). The normalized spacial score (nSPS) is 16.9. The number of rotatable bonds is 4. The number of ether oxygens (including phenoxy) is 1. The van der Waals surface area contributed by atoms with E-state index in [1.54, 1.807) is 6.07 Å². The second-order valence-corrected chi connectivity index (χ2v) is 7.56. The van der Waals surface area contributed by atoms with Crippen molar-refractivity contribution in [2.45, 2.75) is 32.2 Å². The minimum Gasteiger partial charge on any atom is -0.494 e. The molecule has 0 bridgehead atoms. The Bertz CT molecular complexity index is 834. The molecular formula is C20H23Cl2N3O2. The Morgan fingerprint density at radius 1 is 1.22 bits per heavy atom. The minimum absolute atomic E-state index is 0.285. The van der Waals surface area contributed by atoms with Gasteiger partial charge in [-0.15, -0.1) is 0 Å². The van der Waals surface area contributed by atoms with E-state index >= 15 is 0 Å². The molecule has 0 radical (unpaired) electrons. The number of nitrogen functional groups attached to an aromatic ring is 1. The van der Waals surface area contributed by atoms with Gasteiger partial charge >= 0.3 is 0 Å². The molecule has 0 aromatic heterocycles. The van der Waals surface area contributed by atoms with Crippen molar-refractivity contribution in [2.75, 3.05) is 29.6 Å². The molecule has 0 saturated carbocycles. The quantitative estimate of drug-likeness (QED) is 0.681. The minimum atomic E-state index is -0.307. The van der Waals surface area contributed by atoms with Crippen molar-refractivity contribution < 1.29 is 9.53 Å². The Labute approximate surface area is 169 Å². The average molecular weight is 408 g/mol. The zero-order chi connectivity index (χ0) is 19.6. The summed E-state index contributed by atoms with van der Waals surface area (Å²) in [5.41, 5.74) is 8.55. The summed E-state index contributed by atoms with van der Waals surface area (Å²) in [5.74, 6) is 0.0413. The molecule has 3 rings (SSSR count). The first-order chi connectivity index (χ1) is 12.9. The lowest BCUT2D eigenvalue weighted by atomic mass is 10.0. The number of nitrogens with two attached hydrogens (primary N) is 1. The highest BCUT2D eigenvalue weighted by molar-refractivity contribution is 6.37. The Balaban J connectivity index is 1.91. The molecule has 1 saturated heterocycles. The predicted molar refractivity (Wildman–Crippen MR) is 112 cm³/mol. The maximum atomic E-state index is 12.8. The Morgan fingerprint density at radius 3 is 2.56 bits per heavy atom. The summed E-state index contributed by atoms with van der Waals surface area (Å²) in [6, 6.07) is 9.08. The molecule has 1 atom stereocenters. The number of methoxy groups -OCH3 is 1. The van der Waals surface area contributed by atoms with Gasteiger partial charge in [0, 0.05) is 23.8 Å². The Morgan fingerprint density at radius 2 is 1.93 bits per heavy atom. The zero-order valence-electron chi connectivity index (χ0n) is 15.4. The van der Waals surface area contributed by atoms with Crippen molar-refractivity contribution in [3.8, 4) is 5.75 Å². The Kier molecular flexibility index (Phi) is 6.02. The fourth-order valence-corrected chi connectivity index (χ4v) is 4.08. The van der Waals surface area contributed by atoms with E-state index in [2.05, 4.69) is 17.1 Å². The summed E-state index contributed by atoms with van der Waals surface area (Å²) in [6.45, 7) is 3.15. The molecule has 1 amide bonds. The van der Waals surface area contributed by atoms with Crippen LogP contribution in [0.25, 0.3) is 0 Å². The molecule has 144 valence electrons.